The largest absolute Gasteiger partial charge is 2.00 e. The summed E-state index contributed by atoms with van der Waals surface area (Å²) in [5.74, 6) is 0. The standard InChI is InChI=1S/Ca.H3N.H3O4P.7H2O/c;;1-5(2,3)4;;;;;;;/h;1H3;(H3,1,2,3,4);7*1H2/q+2;;;;;;;;;/p-5. The van der Waals surface area contributed by atoms with Crippen molar-refractivity contribution in [1.29, 1.82) is 0 Å². The van der Waals surface area contributed by atoms with Crippen LogP contribution in [0, 0.1) is 0 Å². The first kappa shape index (κ1) is 117. The molecular weight excluding hydrogens is 261 g/mol. The van der Waals surface area contributed by atoms with Crippen LogP contribution in [0.4, 0.5) is 0 Å². The molecule has 0 aliphatic rings. The normalized spacial score (nSPS) is 4.21. The van der Waals surface area contributed by atoms with E-state index in [1.54, 1.807) is 0 Å². The Labute approximate surface area is 109 Å². The first-order valence-electron chi connectivity index (χ1n) is 0.730. The van der Waals surface area contributed by atoms with Crippen molar-refractivity contribution in [2.75, 3.05) is 0 Å². The van der Waals surface area contributed by atoms with Gasteiger partial charge in [-0.05, 0) is 0 Å². The average molecular weight is 276 g/mol. The molecular formula is H15CaNO11P-3. The Kier molecular flexibility index (Phi) is 401. The van der Waals surface area contributed by atoms with Crippen molar-refractivity contribution < 1.29 is 57.6 Å². The molecule has 0 unspecified atom stereocenters. The molecule has 0 aliphatic heterocycles. The second-order valence-electron chi connectivity index (χ2n) is 0.447. The first-order valence-corrected chi connectivity index (χ1v) is 2.19. The summed E-state index contributed by atoms with van der Waals surface area (Å²) in [5, 5.41) is 0. The van der Waals surface area contributed by atoms with Crippen LogP contribution in [0.2, 0.25) is 0 Å². The molecule has 0 aromatic carbocycles. The van der Waals surface area contributed by atoms with E-state index in [2.05, 4.69) is 0 Å². The fourth-order valence-corrected chi connectivity index (χ4v) is 0. The van der Waals surface area contributed by atoms with E-state index >= 15 is 0 Å². The quantitative estimate of drug-likeness (QED) is 0.328. The Hall–Kier alpha value is 1.05. The van der Waals surface area contributed by atoms with Crippen LogP contribution in [-0.2, 0) is 4.57 Å². The third-order valence-electron chi connectivity index (χ3n) is 0. The van der Waals surface area contributed by atoms with Crippen molar-refractivity contribution in [3.8, 4) is 0 Å². The van der Waals surface area contributed by atoms with Crippen molar-refractivity contribution in [3.05, 3.63) is 0 Å². The molecule has 0 aromatic heterocycles. The molecule has 14 heteroatoms. The molecule has 14 heavy (non-hydrogen) atoms. The van der Waals surface area contributed by atoms with E-state index in [0.29, 0.717) is 0 Å². The predicted octanol–water partition coefficient (Wildman–Crippen LogP) is -6.66. The van der Waals surface area contributed by atoms with E-state index < -0.39 is 7.82 Å². The van der Waals surface area contributed by atoms with E-state index in [9.17, 15) is 0 Å². The fraction of sp³-hybridized carbons (Fsp3) is 0. The Balaban J connectivity index is -0.00000000222. The summed E-state index contributed by atoms with van der Waals surface area (Å²) in [7, 11) is -5.39. The van der Waals surface area contributed by atoms with Crippen molar-refractivity contribution in [3.63, 3.8) is 0 Å². The number of hydrogen-bond acceptors (Lipinski definition) is 7. The third kappa shape index (κ3) is 1720. The smallest absolute Gasteiger partial charge is 0.870 e. The SMILES string of the molecule is O.O.O.O.O=P([O-])([O-])[O-].[Ca+2].[NH4+].[OH-].[OH-].[OH-]. The van der Waals surface area contributed by atoms with Gasteiger partial charge in [0, 0.05) is 0 Å². The van der Waals surface area contributed by atoms with E-state index in [0.717, 1.165) is 0 Å². The van der Waals surface area contributed by atoms with Gasteiger partial charge < -0.3 is 63.7 Å². The first-order chi connectivity index (χ1) is 2.00. The zero-order chi connectivity index (χ0) is 4.50. The number of hydrogen-bond donors (Lipinski definition) is 1. The molecule has 0 saturated carbocycles. The van der Waals surface area contributed by atoms with Gasteiger partial charge in [0.05, 0.1) is 0 Å². The minimum absolute atomic E-state index is 0. The van der Waals surface area contributed by atoms with Crippen LogP contribution in [0.5, 0.6) is 0 Å². The van der Waals surface area contributed by atoms with Gasteiger partial charge in [0.1, 0.15) is 0 Å². The second kappa shape index (κ2) is 48.1. The van der Waals surface area contributed by atoms with Crippen LogP contribution in [0.15, 0.2) is 0 Å². The molecule has 0 aliphatic carbocycles. The minimum atomic E-state index is -5.39. The maximum Gasteiger partial charge on any atom is 2.00 e. The number of quaternary nitrogens is 1. The molecule has 0 amide bonds. The van der Waals surface area contributed by atoms with Crippen molar-refractivity contribution in [2.24, 2.45) is 0 Å². The molecule has 0 heterocycles. The zero-order valence-electron chi connectivity index (χ0n) is 7.13. The van der Waals surface area contributed by atoms with Gasteiger partial charge in [-0.25, -0.2) is 0 Å². The Morgan fingerprint density at radius 3 is 0.714 bits per heavy atom. The number of phosphoric acid groups is 1. The Bertz CT molecular complexity index is 61.4. The van der Waals surface area contributed by atoms with Gasteiger partial charge in [0.2, 0.25) is 0 Å². The summed E-state index contributed by atoms with van der Waals surface area (Å²) in [4.78, 5) is 25.6. The summed E-state index contributed by atoms with van der Waals surface area (Å²) in [6.07, 6.45) is 0. The van der Waals surface area contributed by atoms with Crippen LogP contribution >= 0.6 is 7.82 Å². The molecule has 0 saturated heterocycles. The van der Waals surface area contributed by atoms with Crippen molar-refractivity contribution >= 4 is 45.6 Å². The van der Waals surface area contributed by atoms with Gasteiger partial charge in [0.15, 0.2) is 0 Å². The molecule has 0 atom stereocenters. The minimum Gasteiger partial charge on any atom is -0.870 e. The molecule has 0 spiro atoms. The van der Waals surface area contributed by atoms with Gasteiger partial charge in [-0.1, -0.05) is 0 Å². The summed E-state index contributed by atoms with van der Waals surface area (Å²) >= 11 is 0. The third-order valence-corrected chi connectivity index (χ3v) is 0. The summed E-state index contributed by atoms with van der Waals surface area (Å²) < 4.78 is 8.55. The average Bonchev–Trinajstić information content (AvgIpc) is 0.722. The van der Waals surface area contributed by atoms with E-state index in [1.807, 2.05) is 0 Å². The molecule has 15 N–H and O–H groups in total. The molecule has 0 bridgehead atoms. The number of rotatable bonds is 0. The van der Waals surface area contributed by atoms with Crippen LogP contribution in [0.3, 0.4) is 0 Å². The predicted molar refractivity (Wildman–Crippen MR) is 39.6 cm³/mol. The Morgan fingerprint density at radius 2 is 0.714 bits per heavy atom. The molecule has 0 aromatic rings. The molecule has 0 rings (SSSR count). The molecule has 0 radical (unpaired) electrons. The van der Waals surface area contributed by atoms with E-state index in [4.69, 9.17) is 19.2 Å². The van der Waals surface area contributed by atoms with Crippen molar-refractivity contribution in [1.82, 2.24) is 6.15 Å². The molecule has 0 fully saturated rings. The topological polar surface area (TPSA) is 339 Å². The maximum atomic E-state index is 8.55. The van der Waals surface area contributed by atoms with Crippen LogP contribution in [0.1, 0.15) is 0 Å². The Morgan fingerprint density at radius 1 is 0.714 bits per heavy atom. The van der Waals surface area contributed by atoms with Gasteiger partial charge in [0.25, 0.3) is 0 Å². The monoisotopic (exact) mass is 276 g/mol. The second-order valence-corrected chi connectivity index (χ2v) is 1.34. The van der Waals surface area contributed by atoms with Crippen LogP contribution in [-0.4, -0.2) is 76.1 Å². The summed E-state index contributed by atoms with van der Waals surface area (Å²) in [5.41, 5.74) is 0. The maximum absolute atomic E-state index is 8.55. The van der Waals surface area contributed by atoms with Gasteiger partial charge in [-0.15, -0.1) is 0 Å². The van der Waals surface area contributed by atoms with Gasteiger partial charge >= 0.3 is 37.7 Å². The summed E-state index contributed by atoms with van der Waals surface area (Å²) in [6.45, 7) is 0. The summed E-state index contributed by atoms with van der Waals surface area (Å²) in [6, 6.07) is 0. The van der Waals surface area contributed by atoms with Crippen LogP contribution < -0.4 is 20.8 Å². The molecule has 96 valence electrons. The van der Waals surface area contributed by atoms with E-state index in [1.165, 1.54) is 0 Å². The fourth-order valence-electron chi connectivity index (χ4n) is 0. The molecule has 12 nitrogen and oxygen atoms in total. The van der Waals surface area contributed by atoms with E-state index in [-0.39, 0.29) is 82.2 Å². The van der Waals surface area contributed by atoms with Crippen LogP contribution in [0.25, 0.3) is 0 Å². The van der Waals surface area contributed by atoms with Gasteiger partial charge in [-0.2, -0.15) is 7.82 Å². The van der Waals surface area contributed by atoms with Gasteiger partial charge in [-0.3, -0.25) is 0 Å². The zero-order valence-corrected chi connectivity index (χ0v) is 10.2. The van der Waals surface area contributed by atoms with Crippen molar-refractivity contribution in [2.45, 2.75) is 0 Å².